The van der Waals surface area contributed by atoms with Crippen molar-refractivity contribution in [3.63, 3.8) is 0 Å². The molecule has 0 bridgehead atoms. The Morgan fingerprint density at radius 1 is 1.00 bits per heavy atom. The van der Waals surface area contributed by atoms with E-state index in [-0.39, 0.29) is 5.57 Å². The fourth-order valence-electron chi connectivity index (χ4n) is 2.23. The summed E-state index contributed by atoms with van der Waals surface area (Å²) in [7, 11) is 1.33. The number of hydrogen-bond donors (Lipinski definition) is 1. The van der Waals surface area contributed by atoms with Crippen molar-refractivity contribution in [1.82, 2.24) is 14.8 Å². The Labute approximate surface area is 126 Å². The van der Waals surface area contributed by atoms with Gasteiger partial charge in [-0.05, 0) is 30.3 Å². The van der Waals surface area contributed by atoms with Crippen LogP contribution in [0.25, 0.3) is 11.8 Å². The standard InChI is InChI=1S/C16H13N3O3/c1-18-15(21)13(14(20)17-16(18)22)10-12-8-5-9-19(12)11-6-3-2-4-7-11/h2-10H,1H3,(H,17,20,22)/b13-10-. The minimum Gasteiger partial charge on any atom is -0.317 e. The molecule has 1 aliphatic heterocycles. The number of barbiturate groups is 1. The number of rotatable bonds is 2. The third-order valence-corrected chi connectivity index (χ3v) is 3.41. The van der Waals surface area contributed by atoms with Gasteiger partial charge in [0.05, 0.1) is 0 Å². The van der Waals surface area contributed by atoms with E-state index >= 15 is 0 Å². The average Bonchev–Trinajstić information content (AvgIpc) is 2.98. The number of imide groups is 2. The summed E-state index contributed by atoms with van der Waals surface area (Å²) in [6.07, 6.45) is 3.31. The zero-order valence-corrected chi connectivity index (χ0v) is 11.8. The number of carbonyl (C=O) groups is 3. The Morgan fingerprint density at radius 3 is 2.45 bits per heavy atom. The van der Waals surface area contributed by atoms with Gasteiger partial charge in [-0.1, -0.05) is 18.2 Å². The number of hydrogen-bond acceptors (Lipinski definition) is 3. The largest absolute Gasteiger partial charge is 0.331 e. The number of aromatic nitrogens is 1. The average molecular weight is 295 g/mol. The first kappa shape index (κ1) is 13.8. The highest BCUT2D eigenvalue weighted by atomic mass is 16.2. The molecular weight excluding hydrogens is 282 g/mol. The van der Waals surface area contributed by atoms with Crippen molar-refractivity contribution in [2.75, 3.05) is 7.05 Å². The van der Waals surface area contributed by atoms with Crippen molar-refractivity contribution in [2.24, 2.45) is 0 Å². The molecule has 22 heavy (non-hydrogen) atoms. The highest BCUT2D eigenvalue weighted by molar-refractivity contribution is 6.30. The number of benzene rings is 1. The maximum Gasteiger partial charge on any atom is 0.331 e. The molecule has 2 aromatic rings. The molecule has 0 spiro atoms. The fourth-order valence-corrected chi connectivity index (χ4v) is 2.23. The number of nitrogens with zero attached hydrogens (tertiary/aromatic N) is 2. The molecule has 110 valence electrons. The molecule has 6 heteroatoms. The molecule has 0 radical (unpaired) electrons. The van der Waals surface area contributed by atoms with Gasteiger partial charge in [-0.25, -0.2) is 4.79 Å². The van der Waals surface area contributed by atoms with E-state index in [1.54, 1.807) is 6.07 Å². The predicted octanol–water partition coefficient (Wildman–Crippen LogP) is 1.57. The summed E-state index contributed by atoms with van der Waals surface area (Å²) < 4.78 is 1.85. The second-order valence-electron chi connectivity index (χ2n) is 4.82. The van der Waals surface area contributed by atoms with E-state index in [0.29, 0.717) is 5.69 Å². The number of urea groups is 1. The van der Waals surface area contributed by atoms with Crippen molar-refractivity contribution in [3.05, 3.63) is 59.9 Å². The first-order valence-corrected chi connectivity index (χ1v) is 6.66. The van der Waals surface area contributed by atoms with E-state index in [2.05, 4.69) is 5.32 Å². The number of carbonyl (C=O) groups excluding carboxylic acids is 3. The highest BCUT2D eigenvalue weighted by Crippen LogP contribution is 2.17. The van der Waals surface area contributed by atoms with Crippen LogP contribution in [0.3, 0.4) is 0 Å². The van der Waals surface area contributed by atoms with Gasteiger partial charge in [0.15, 0.2) is 0 Å². The van der Waals surface area contributed by atoms with Gasteiger partial charge in [-0.2, -0.15) is 0 Å². The Kier molecular flexibility index (Phi) is 3.34. The van der Waals surface area contributed by atoms with Crippen LogP contribution in [0.5, 0.6) is 0 Å². The number of para-hydroxylation sites is 1. The SMILES string of the molecule is CN1C(=O)NC(=O)/C(=C/c2cccn2-c2ccccc2)C1=O. The van der Waals surface area contributed by atoms with Crippen LogP contribution in [0.2, 0.25) is 0 Å². The van der Waals surface area contributed by atoms with Crippen molar-refractivity contribution in [3.8, 4) is 5.69 Å². The summed E-state index contributed by atoms with van der Waals surface area (Å²) in [4.78, 5) is 36.2. The van der Waals surface area contributed by atoms with Crippen molar-refractivity contribution < 1.29 is 14.4 Å². The zero-order valence-electron chi connectivity index (χ0n) is 11.8. The summed E-state index contributed by atoms with van der Waals surface area (Å²) in [5.74, 6) is -1.30. The van der Waals surface area contributed by atoms with Crippen LogP contribution in [0.4, 0.5) is 4.79 Å². The molecule has 1 aromatic carbocycles. The normalized spacial score (nSPS) is 17.0. The molecule has 0 aliphatic carbocycles. The van der Waals surface area contributed by atoms with Gasteiger partial charge in [0, 0.05) is 24.6 Å². The van der Waals surface area contributed by atoms with E-state index < -0.39 is 17.8 Å². The lowest BCUT2D eigenvalue weighted by molar-refractivity contribution is -0.129. The fraction of sp³-hybridized carbons (Fsp3) is 0.0625. The maximum absolute atomic E-state index is 12.1. The van der Waals surface area contributed by atoms with E-state index in [0.717, 1.165) is 10.6 Å². The molecule has 4 amide bonds. The zero-order chi connectivity index (χ0) is 15.7. The highest BCUT2D eigenvalue weighted by Gasteiger charge is 2.33. The summed E-state index contributed by atoms with van der Waals surface area (Å²) in [5, 5.41) is 2.13. The molecule has 0 unspecified atom stereocenters. The van der Waals surface area contributed by atoms with Crippen LogP contribution in [0.1, 0.15) is 5.69 Å². The summed E-state index contributed by atoms with van der Waals surface area (Å²) in [6, 6.07) is 12.4. The molecule has 0 saturated carbocycles. The van der Waals surface area contributed by atoms with Gasteiger partial charge in [-0.15, -0.1) is 0 Å². The summed E-state index contributed by atoms with van der Waals surface area (Å²) in [5.41, 5.74) is 1.51. The van der Waals surface area contributed by atoms with Gasteiger partial charge in [-0.3, -0.25) is 19.8 Å². The monoisotopic (exact) mass is 295 g/mol. The quantitative estimate of drug-likeness (QED) is 0.675. The Bertz CT molecular complexity index is 790. The molecule has 1 fully saturated rings. The lowest BCUT2D eigenvalue weighted by atomic mass is 10.1. The predicted molar refractivity (Wildman–Crippen MR) is 80.1 cm³/mol. The molecule has 1 aromatic heterocycles. The van der Waals surface area contributed by atoms with Gasteiger partial charge in [0.2, 0.25) is 0 Å². The topological polar surface area (TPSA) is 71.4 Å². The summed E-state index contributed by atoms with van der Waals surface area (Å²) in [6.45, 7) is 0. The van der Waals surface area contributed by atoms with E-state index in [1.807, 2.05) is 47.2 Å². The molecule has 1 aliphatic rings. The minimum absolute atomic E-state index is 0.0713. The van der Waals surface area contributed by atoms with Crippen LogP contribution in [-0.4, -0.2) is 34.4 Å². The van der Waals surface area contributed by atoms with Crippen LogP contribution in [0.15, 0.2) is 54.2 Å². The van der Waals surface area contributed by atoms with E-state index in [9.17, 15) is 14.4 Å². The van der Waals surface area contributed by atoms with Crippen LogP contribution in [-0.2, 0) is 9.59 Å². The second kappa shape index (κ2) is 5.33. The van der Waals surface area contributed by atoms with Crippen LogP contribution in [0, 0.1) is 0 Å². The van der Waals surface area contributed by atoms with Crippen LogP contribution < -0.4 is 5.32 Å². The van der Waals surface area contributed by atoms with Crippen LogP contribution >= 0.6 is 0 Å². The number of amides is 4. The smallest absolute Gasteiger partial charge is 0.317 e. The minimum atomic E-state index is -0.717. The molecule has 1 saturated heterocycles. The lowest BCUT2D eigenvalue weighted by Crippen LogP contribution is -2.52. The first-order chi connectivity index (χ1) is 10.6. The third kappa shape index (κ3) is 2.31. The first-order valence-electron chi connectivity index (χ1n) is 6.66. The van der Waals surface area contributed by atoms with E-state index in [4.69, 9.17) is 0 Å². The maximum atomic E-state index is 12.1. The van der Waals surface area contributed by atoms with Gasteiger partial charge < -0.3 is 4.57 Å². The number of nitrogens with one attached hydrogen (secondary N) is 1. The van der Waals surface area contributed by atoms with Crippen molar-refractivity contribution in [1.29, 1.82) is 0 Å². The molecule has 2 heterocycles. The van der Waals surface area contributed by atoms with Crippen molar-refractivity contribution >= 4 is 23.9 Å². The molecule has 3 rings (SSSR count). The Morgan fingerprint density at radius 2 is 1.73 bits per heavy atom. The van der Waals surface area contributed by atoms with E-state index in [1.165, 1.54) is 13.1 Å². The third-order valence-electron chi connectivity index (χ3n) is 3.41. The van der Waals surface area contributed by atoms with Gasteiger partial charge >= 0.3 is 6.03 Å². The Balaban J connectivity index is 2.03. The van der Waals surface area contributed by atoms with Gasteiger partial charge in [0.25, 0.3) is 11.8 Å². The van der Waals surface area contributed by atoms with Gasteiger partial charge in [0.1, 0.15) is 5.57 Å². The van der Waals surface area contributed by atoms with Crippen molar-refractivity contribution in [2.45, 2.75) is 0 Å². The molecule has 0 atom stereocenters. The molecule has 1 N–H and O–H groups in total. The number of likely N-dealkylation sites (N-methyl/N-ethyl adjacent to an activating group) is 1. The second-order valence-corrected chi connectivity index (χ2v) is 4.82. The molecule has 6 nitrogen and oxygen atoms in total. The summed E-state index contributed by atoms with van der Waals surface area (Å²) >= 11 is 0. The lowest BCUT2D eigenvalue weighted by Gasteiger charge is -2.22. The molecular formula is C16H13N3O3. The Hall–Kier alpha value is -3.15.